The van der Waals surface area contributed by atoms with E-state index in [2.05, 4.69) is 35.9 Å². The van der Waals surface area contributed by atoms with Gasteiger partial charge in [-0.3, -0.25) is 0 Å². The molecule has 1 radical (unpaired) electrons. The zero-order chi connectivity index (χ0) is 7.84. The molecule has 0 amide bonds. The third-order valence-corrected chi connectivity index (χ3v) is 1.68. The number of aromatic nitrogens is 4. The second-order valence-corrected chi connectivity index (χ2v) is 2.78. The average molecular weight is 214 g/mol. The van der Waals surface area contributed by atoms with Gasteiger partial charge in [-0.05, 0) is 0 Å². The Morgan fingerprint density at radius 2 is 2.36 bits per heavy atom. The first-order valence-electron chi connectivity index (χ1n) is 2.88. The first-order valence-corrected chi connectivity index (χ1v) is 3.73. The Morgan fingerprint density at radius 3 is 3.18 bits per heavy atom. The number of aromatic amines is 2. The van der Waals surface area contributed by atoms with E-state index in [0.717, 1.165) is 0 Å². The van der Waals surface area contributed by atoms with Crippen LogP contribution in [-0.4, -0.2) is 35.9 Å². The Hall–Kier alpha value is -1.13. The van der Waals surface area contributed by atoms with Gasteiger partial charge in [-0.2, -0.15) is 0 Å². The summed E-state index contributed by atoms with van der Waals surface area (Å²) in [7, 11) is 0. The van der Waals surface area contributed by atoms with Crippen LogP contribution in [0.15, 0.2) is 11.1 Å². The second kappa shape index (κ2) is 2.18. The summed E-state index contributed by atoms with van der Waals surface area (Å²) in [6, 6.07) is 0. The van der Waals surface area contributed by atoms with E-state index >= 15 is 0 Å². The Labute approximate surface area is 69.1 Å². The van der Waals surface area contributed by atoms with Crippen LogP contribution >= 0.6 is 0 Å². The average Bonchev–Trinajstić information content (AvgIpc) is 2.34. The first kappa shape index (κ1) is 6.57. The van der Waals surface area contributed by atoms with Crippen molar-refractivity contribution in [3.63, 3.8) is 0 Å². The Kier molecular flexibility index (Phi) is 1.30. The van der Waals surface area contributed by atoms with Crippen LogP contribution in [-0.2, 0) is 0 Å². The monoisotopic (exact) mass is 215 g/mol. The predicted octanol–water partition coefficient (Wildman–Crippen LogP) is -1.56. The van der Waals surface area contributed by atoms with Gasteiger partial charge in [-0.1, -0.05) is 0 Å². The van der Waals surface area contributed by atoms with E-state index in [1.807, 2.05) is 0 Å². The molecule has 0 unspecified atom stereocenters. The van der Waals surface area contributed by atoms with Crippen LogP contribution < -0.4 is 10.3 Å². The van der Waals surface area contributed by atoms with Crippen LogP contribution in [0.3, 0.4) is 0 Å². The maximum absolute atomic E-state index is 11.1. The van der Waals surface area contributed by atoms with Gasteiger partial charge in [0.25, 0.3) is 0 Å². The third-order valence-electron chi connectivity index (χ3n) is 1.27. The first-order chi connectivity index (χ1) is 5.27. The minimum absolute atomic E-state index is 0.207. The third kappa shape index (κ3) is 0.961. The summed E-state index contributed by atoms with van der Waals surface area (Å²) in [5.41, 5.74) is 0.632. The Morgan fingerprint density at radius 1 is 1.55 bits per heavy atom. The Bertz CT molecular complexity index is 445. The van der Waals surface area contributed by atoms with Crippen LogP contribution in [0.5, 0.6) is 0 Å². The molecule has 5 nitrogen and oxygen atoms in total. The molecule has 0 saturated heterocycles. The molecule has 55 valence electrons. The summed E-state index contributed by atoms with van der Waals surface area (Å²) in [4.78, 5) is 24.0. The van der Waals surface area contributed by atoms with E-state index in [1.165, 1.54) is 6.33 Å². The van der Waals surface area contributed by atoms with Gasteiger partial charge in [-0.15, -0.1) is 0 Å². The van der Waals surface area contributed by atoms with Gasteiger partial charge in [0.05, 0.1) is 0 Å². The van der Waals surface area contributed by atoms with E-state index in [1.54, 1.807) is 0 Å². The van der Waals surface area contributed by atoms with Crippen LogP contribution in [0, 0.1) is 0 Å². The fourth-order valence-electron chi connectivity index (χ4n) is 0.823. The molecule has 2 aromatic rings. The van der Waals surface area contributed by atoms with Crippen molar-refractivity contribution in [1.29, 1.82) is 0 Å². The van der Waals surface area contributed by atoms with Crippen LogP contribution in [0.2, 0.25) is 0 Å². The topological polar surface area (TPSA) is 74.4 Å². The molecule has 0 fully saturated rings. The van der Waals surface area contributed by atoms with Crippen LogP contribution in [0.25, 0.3) is 11.2 Å². The summed E-state index contributed by atoms with van der Waals surface area (Å²) in [5.74, 6) is 0. The molecule has 2 rings (SSSR count). The van der Waals surface area contributed by atoms with E-state index in [0.29, 0.717) is 15.9 Å². The molecule has 0 saturated carbocycles. The summed E-state index contributed by atoms with van der Waals surface area (Å²) in [6.07, 6.45) is 1.44. The van der Waals surface area contributed by atoms with Crippen LogP contribution in [0.4, 0.5) is 0 Å². The standard InChI is InChI=1S/C5H3N4OSe/c10-4-2-3(7-1-6-2)8-5(11)9-4/h1H,(H2,6,7,8,9,10). The molecule has 11 heavy (non-hydrogen) atoms. The van der Waals surface area contributed by atoms with Gasteiger partial charge in [0.1, 0.15) is 0 Å². The molecule has 0 spiro atoms. The minimum atomic E-state index is -0.207. The van der Waals surface area contributed by atoms with E-state index in [9.17, 15) is 4.79 Å². The number of rotatable bonds is 0. The van der Waals surface area contributed by atoms with Gasteiger partial charge < -0.3 is 0 Å². The van der Waals surface area contributed by atoms with Crippen molar-refractivity contribution in [3.8, 4) is 0 Å². The van der Waals surface area contributed by atoms with Gasteiger partial charge in [0.15, 0.2) is 0 Å². The quantitative estimate of drug-likeness (QED) is 0.521. The van der Waals surface area contributed by atoms with Gasteiger partial charge in [0.2, 0.25) is 0 Å². The molecule has 0 aliphatic carbocycles. The zero-order valence-corrected chi connectivity index (χ0v) is 7.00. The molecule has 0 atom stereocenters. The number of hydrogen-bond donors (Lipinski definition) is 2. The fraction of sp³-hybridized carbons (Fsp3) is 0. The SMILES string of the molecule is O=c1[nH]c([Se])nc2nc[nH]c12. The summed E-state index contributed by atoms with van der Waals surface area (Å²) >= 11 is 2.60. The number of hydrogen-bond acceptors (Lipinski definition) is 3. The maximum atomic E-state index is 11.1. The number of H-pyrrole nitrogens is 2. The molecule has 2 N–H and O–H groups in total. The summed E-state index contributed by atoms with van der Waals surface area (Å²) in [5, 5.41) is 0. The van der Waals surface area contributed by atoms with Gasteiger partial charge in [0, 0.05) is 0 Å². The normalized spacial score (nSPS) is 10.5. The van der Waals surface area contributed by atoms with Crippen molar-refractivity contribution in [2.75, 3.05) is 0 Å². The molecule has 6 heteroatoms. The fourth-order valence-corrected chi connectivity index (χ4v) is 1.20. The van der Waals surface area contributed by atoms with E-state index in [-0.39, 0.29) is 5.56 Å². The molecule has 0 bridgehead atoms. The van der Waals surface area contributed by atoms with E-state index < -0.39 is 0 Å². The zero-order valence-electron chi connectivity index (χ0n) is 5.29. The van der Waals surface area contributed by atoms with Gasteiger partial charge >= 0.3 is 68.5 Å². The molecule has 0 aromatic carbocycles. The van der Waals surface area contributed by atoms with Gasteiger partial charge in [-0.25, -0.2) is 0 Å². The van der Waals surface area contributed by atoms with Crippen molar-refractivity contribution in [3.05, 3.63) is 16.7 Å². The molecular weight excluding hydrogens is 211 g/mol. The number of nitrogens with zero attached hydrogens (tertiary/aromatic N) is 2. The van der Waals surface area contributed by atoms with Crippen molar-refractivity contribution in [1.82, 2.24) is 19.9 Å². The molecule has 2 heterocycles. The number of nitrogens with one attached hydrogen (secondary N) is 2. The van der Waals surface area contributed by atoms with Crippen molar-refractivity contribution < 1.29 is 0 Å². The van der Waals surface area contributed by atoms with Crippen LogP contribution in [0.1, 0.15) is 0 Å². The van der Waals surface area contributed by atoms with Crippen molar-refractivity contribution in [2.24, 2.45) is 0 Å². The summed E-state index contributed by atoms with van der Waals surface area (Å²) in [6.45, 7) is 0. The summed E-state index contributed by atoms with van der Waals surface area (Å²) < 4.78 is 0.453. The molecule has 0 aliphatic rings. The van der Waals surface area contributed by atoms with Crippen molar-refractivity contribution >= 4 is 31.9 Å². The number of imidazole rings is 1. The molecular formula is C5H3N4OSe. The predicted molar refractivity (Wildman–Crippen MR) is 39.9 cm³/mol. The molecule has 2 aromatic heterocycles. The number of fused-ring (bicyclic) bond motifs is 1. The van der Waals surface area contributed by atoms with Crippen molar-refractivity contribution in [2.45, 2.75) is 0 Å². The Balaban J connectivity index is 3.02. The second-order valence-electron chi connectivity index (χ2n) is 1.97. The molecule has 0 aliphatic heterocycles. The van der Waals surface area contributed by atoms with E-state index in [4.69, 9.17) is 0 Å².